The van der Waals surface area contributed by atoms with Gasteiger partial charge in [0.25, 0.3) is 0 Å². The summed E-state index contributed by atoms with van der Waals surface area (Å²) in [5, 5.41) is 3.58. The second kappa shape index (κ2) is 5.69. The molecule has 0 aromatic carbocycles. The van der Waals surface area contributed by atoms with Crippen LogP contribution in [-0.2, 0) is 9.47 Å². The van der Waals surface area contributed by atoms with Gasteiger partial charge in [0.15, 0.2) is 0 Å². The molecule has 0 bridgehead atoms. The van der Waals surface area contributed by atoms with Crippen LogP contribution >= 0.6 is 0 Å². The van der Waals surface area contributed by atoms with Gasteiger partial charge in [0, 0.05) is 32.4 Å². The number of ether oxygens (including phenoxy) is 2. The molecule has 3 heteroatoms. The number of methoxy groups -OCH3 is 1. The number of rotatable bonds is 5. The molecule has 2 atom stereocenters. The van der Waals surface area contributed by atoms with E-state index in [1.54, 1.807) is 7.11 Å². The maximum atomic E-state index is 5.48. The van der Waals surface area contributed by atoms with E-state index in [-0.39, 0.29) is 5.54 Å². The Morgan fingerprint density at radius 2 is 2.36 bits per heavy atom. The molecular formula is C11H23NO2. The highest BCUT2D eigenvalue weighted by Crippen LogP contribution is 2.18. The molecule has 84 valence electrons. The molecule has 2 unspecified atom stereocenters. The number of nitrogens with one attached hydrogen (secondary N) is 1. The highest BCUT2D eigenvalue weighted by Gasteiger charge is 2.26. The lowest BCUT2D eigenvalue weighted by molar-refractivity contribution is 0.0252. The Kier molecular flexibility index (Phi) is 4.85. The smallest absolute Gasteiger partial charge is 0.0645 e. The van der Waals surface area contributed by atoms with E-state index in [0.717, 1.165) is 26.4 Å². The molecule has 1 saturated heterocycles. The molecule has 3 nitrogen and oxygen atoms in total. The van der Waals surface area contributed by atoms with Crippen LogP contribution in [0.3, 0.4) is 0 Å². The second-order valence-corrected chi connectivity index (χ2v) is 4.66. The molecule has 0 spiro atoms. The van der Waals surface area contributed by atoms with Crippen LogP contribution in [0.2, 0.25) is 0 Å². The molecule has 1 aliphatic heterocycles. The summed E-state index contributed by atoms with van der Waals surface area (Å²) >= 11 is 0. The minimum absolute atomic E-state index is 0.181. The van der Waals surface area contributed by atoms with Crippen LogP contribution in [0.1, 0.15) is 26.7 Å². The van der Waals surface area contributed by atoms with E-state index in [2.05, 4.69) is 19.2 Å². The lowest BCUT2D eigenvalue weighted by Crippen LogP contribution is -2.50. The summed E-state index contributed by atoms with van der Waals surface area (Å²) in [6, 6.07) is 0. The van der Waals surface area contributed by atoms with E-state index in [1.807, 2.05) is 0 Å². The predicted molar refractivity (Wildman–Crippen MR) is 57.5 cm³/mol. The summed E-state index contributed by atoms with van der Waals surface area (Å²) < 4.78 is 10.6. The van der Waals surface area contributed by atoms with Crippen molar-refractivity contribution in [1.82, 2.24) is 5.32 Å². The van der Waals surface area contributed by atoms with Crippen LogP contribution in [0.15, 0.2) is 0 Å². The average molecular weight is 201 g/mol. The van der Waals surface area contributed by atoms with E-state index >= 15 is 0 Å². The molecular weight excluding hydrogens is 178 g/mol. The third kappa shape index (κ3) is 3.95. The molecule has 0 amide bonds. The SMILES string of the molecule is COCC(C)CNC1(C)CCCOC1. The lowest BCUT2D eigenvalue weighted by Gasteiger charge is -2.35. The van der Waals surface area contributed by atoms with Gasteiger partial charge in [-0.1, -0.05) is 6.92 Å². The van der Waals surface area contributed by atoms with E-state index in [4.69, 9.17) is 9.47 Å². The van der Waals surface area contributed by atoms with Gasteiger partial charge >= 0.3 is 0 Å². The highest BCUT2D eigenvalue weighted by molar-refractivity contribution is 4.85. The Balaban J connectivity index is 2.21. The fourth-order valence-corrected chi connectivity index (χ4v) is 1.84. The summed E-state index contributed by atoms with van der Waals surface area (Å²) in [5.74, 6) is 0.568. The fraction of sp³-hybridized carbons (Fsp3) is 1.00. The Morgan fingerprint density at radius 3 is 2.93 bits per heavy atom. The van der Waals surface area contributed by atoms with Gasteiger partial charge in [-0.05, 0) is 25.7 Å². The van der Waals surface area contributed by atoms with Crippen molar-refractivity contribution in [2.75, 3.05) is 33.5 Å². The third-order valence-electron chi connectivity index (χ3n) is 2.77. The van der Waals surface area contributed by atoms with Crippen LogP contribution in [0.5, 0.6) is 0 Å². The molecule has 0 aromatic rings. The van der Waals surface area contributed by atoms with Crippen molar-refractivity contribution in [3.63, 3.8) is 0 Å². The molecule has 1 rings (SSSR count). The van der Waals surface area contributed by atoms with Crippen LogP contribution in [0, 0.1) is 5.92 Å². The molecule has 0 saturated carbocycles. The van der Waals surface area contributed by atoms with Crippen LogP contribution in [-0.4, -0.2) is 39.0 Å². The summed E-state index contributed by atoms with van der Waals surface area (Å²) in [6.07, 6.45) is 2.38. The molecule has 1 aliphatic rings. The molecule has 1 heterocycles. The average Bonchev–Trinajstić information content (AvgIpc) is 2.17. The van der Waals surface area contributed by atoms with E-state index < -0.39 is 0 Å². The third-order valence-corrected chi connectivity index (χ3v) is 2.77. The van der Waals surface area contributed by atoms with E-state index in [0.29, 0.717) is 5.92 Å². The lowest BCUT2D eigenvalue weighted by atomic mass is 9.94. The number of hydrogen-bond donors (Lipinski definition) is 1. The second-order valence-electron chi connectivity index (χ2n) is 4.66. The first kappa shape index (κ1) is 12.0. The van der Waals surface area contributed by atoms with Gasteiger partial charge in [0.1, 0.15) is 0 Å². The van der Waals surface area contributed by atoms with Crippen molar-refractivity contribution in [3.8, 4) is 0 Å². The quantitative estimate of drug-likeness (QED) is 0.730. The molecule has 0 aromatic heterocycles. The minimum atomic E-state index is 0.181. The summed E-state index contributed by atoms with van der Waals surface area (Å²) in [5.41, 5.74) is 0.181. The fourth-order valence-electron chi connectivity index (χ4n) is 1.84. The Hall–Kier alpha value is -0.120. The standard InChI is InChI=1S/C11H23NO2/c1-10(8-13-3)7-12-11(2)5-4-6-14-9-11/h10,12H,4-9H2,1-3H3. The topological polar surface area (TPSA) is 30.5 Å². The van der Waals surface area contributed by atoms with Crippen molar-refractivity contribution >= 4 is 0 Å². The van der Waals surface area contributed by atoms with Crippen molar-refractivity contribution in [1.29, 1.82) is 0 Å². The minimum Gasteiger partial charge on any atom is -0.384 e. The van der Waals surface area contributed by atoms with Crippen molar-refractivity contribution in [2.24, 2.45) is 5.92 Å². The zero-order chi connectivity index (χ0) is 10.4. The van der Waals surface area contributed by atoms with E-state index in [9.17, 15) is 0 Å². The van der Waals surface area contributed by atoms with Gasteiger partial charge in [-0.25, -0.2) is 0 Å². The largest absolute Gasteiger partial charge is 0.384 e. The predicted octanol–water partition coefficient (Wildman–Crippen LogP) is 1.43. The van der Waals surface area contributed by atoms with Crippen LogP contribution in [0.25, 0.3) is 0 Å². The van der Waals surface area contributed by atoms with Crippen molar-refractivity contribution in [2.45, 2.75) is 32.2 Å². The number of hydrogen-bond acceptors (Lipinski definition) is 3. The van der Waals surface area contributed by atoms with Crippen LogP contribution in [0.4, 0.5) is 0 Å². The van der Waals surface area contributed by atoms with Gasteiger partial charge < -0.3 is 14.8 Å². The molecule has 0 radical (unpaired) electrons. The van der Waals surface area contributed by atoms with Gasteiger partial charge in [-0.2, -0.15) is 0 Å². The van der Waals surface area contributed by atoms with Crippen molar-refractivity contribution < 1.29 is 9.47 Å². The zero-order valence-corrected chi connectivity index (χ0v) is 9.64. The highest BCUT2D eigenvalue weighted by atomic mass is 16.5. The Labute approximate surface area is 87.2 Å². The molecule has 0 aliphatic carbocycles. The maximum absolute atomic E-state index is 5.48. The van der Waals surface area contributed by atoms with Crippen LogP contribution < -0.4 is 5.32 Å². The van der Waals surface area contributed by atoms with Gasteiger partial charge in [0.05, 0.1) is 6.61 Å². The van der Waals surface area contributed by atoms with Crippen molar-refractivity contribution in [3.05, 3.63) is 0 Å². The Morgan fingerprint density at radius 1 is 1.57 bits per heavy atom. The maximum Gasteiger partial charge on any atom is 0.0645 e. The summed E-state index contributed by atoms with van der Waals surface area (Å²) in [7, 11) is 1.75. The molecule has 1 fully saturated rings. The van der Waals surface area contributed by atoms with Gasteiger partial charge in [-0.15, -0.1) is 0 Å². The first-order valence-corrected chi connectivity index (χ1v) is 5.48. The molecule has 14 heavy (non-hydrogen) atoms. The Bertz CT molecular complexity index is 155. The normalized spacial score (nSPS) is 30.2. The first-order valence-electron chi connectivity index (χ1n) is 5.48. The van der Waals surface area contributed by atoms with E-state index in [1.165, 1.54) is 12.8 Å². The zero-order valence-electron chi connectivity index (χ0n) is 9.64. The summed E-state index contributed by atoms with van der Waals surface area (Å²) in [6.45, 7) is 8.03. The molecule has 1 N–H and O–H groups in total. The van der Waals surface area contributed by atoms with Gasteiger partial charge in [-0.3, -0.25) is 0 Å². The van der Waals surface area contributed by atoms with Gasteiger partial charge in [0.2, 0.25) is 0 Å². The summed E-state index contributed by atoms with van der Waals surface area (Å²) in [4.78, 5) is 0. The monoisotopic (exact) mass is 201 g/mol. The first-order chi connectivity index (χ1) is 6.66.